The second-order valence-corrected chi connectivity index (χ2v) is 7.03. The minimum atomic E-state index is -3.63. The molecule has 84 valence electrons. The number of sulfone groups is 2. The fourth-order valence-electron chi connectivity index (χ4n) is 0.951. The van der Waals surface area contributed by atoms with Crippen LogP contribution in [0.2, 0.25) is 0 Å². The highest BCUT2D eigenvalue weighted by Crippen LogP contribution is 2.06. The van der Waals surface area contributed by atoms with E-state index in [4.69, 9.17) is 0 Å². The molecule has 0 radical (unpaired) electrons. The molecule has 1 aromatic heterocycles. The lowest BCUT2D eigenvalue weighted by Crippen LogP contribution is -2.19. The summed E-state index contributed by atoms with van der Waals surface area (Å²) in [6.45, 7) is 0. The number of pyridine rings is 1. The van der Waals surface area contributed by atoms with Gasteiger partial charge in [-0.3, -0.25) is 4.79 Å². The maximum atomic E-state index is 11.2. The van der Waals surface area contributed by atoms with Gasteiger partial charge in [0.05, 0.1) is 0 Å². The Morgan fingerprint density at radius 3 is 1.87 bits per heavy atom. The summed E-state index contributed by atoms with van der Waals surface area (Å²) in [4.78, 5) is 12.8. The molecule has 1 aromatic rings. The molecule has 8 heteroatoms. The van der Waals surface area contributed by atoms with E-state index in [1.807, 2.05) is 4.98 Å². The van der Waals surface area contributed by atoms with Gasteiger partial charge in [0.15, 0.2) is 19.7 Å². The lowest BCUT2D eigenvalue weighted by atomic mass is 10.5. The topological polar surface area (TPSA) is 101 Å². The van der Waals surface area contributed by atoms with Crippen molar-refractivity contribution in [2.75, 3.05) is 12.5 Å². The minimum Gasteiger partial charge on any atom is -0.312 e. The predicted octanol–water partition coefficient (Wildman–Crippen LogP) is -0.818. The Balaban J connectivity index is 3.55. The molecule has 0 aliphatic rings. The van der Waals surface area contributed by atoms with Crippen LogP contribution in [0.5, 0.6) is 0 Å². The van der Waals surface area contributed by atoms with Crippen LogP contribution >= 0.6 is 0 Å². The fourth-order valence-corrected chi connectivity index (χ4v) is 2.25. The van der Waals surface area contributed by atoms with Gasteiger partial charge in [0, 0.05) is 12.5 Å². The van der Waals surface area contributed by atoms with Crippen LogP contribution in [0.1, 0.15) is 0 Å². The highest BCUT2D eigenvalue weighted by molar-refractivity contribution is 7.91. The molecule has 0 aliphatic heterocycles. The first kappa shape index (κ1) is 11.9. The van der Waals surface area contributed by atoms with E-state index in [1.54, 1.807) is 0 Å². The first-order valence-electron chi connectivity index (χ1n) is 3.76. The average molecular weight is 251 g/mol. The lowest BCUT2D eigenvalue weighted by molar-refractivity contribution is 0.593. The van der Waals surface area contributed by atoms with Crippen LogP contribution in [0.3, 0.4) is 0 Å². The molecule has 1 rings (SSSR count). The van der Waals surface area contributed by atoms with Gasteiger partial charge in [-0.2, -0.15) is 0 Å². The van der Waals surface area contributed by atoms with E-state index in [2.05, 4.69) is 0 Å². The number of H-pyrrole nitrogens is 1. The summed E-state index contributed by atoms with van der Waals surface area (Å²) in [5.41, 5.74) is -0.930. The Morgan fingerprint density at radius 2 is 1.53 bits per heavy atom. The van der Waals surface area contributed by atoms with E-state index >= 15 is 0 Å². The number of aromatic nitrogens is 1. The minimum absolute atomic E-state index is 0.306. The smallest absolute Gasteiger partial charge is 0.267 e. The van der Waals surface area contributed by atoms with Crippen molar-refractivity contribution in [3.05, 3.63) is 22.5 Å². The summed E-state index contributed by atoms with van der Waals surface area (Å²) in [7, 11) is -7.17. The Labute approximate surface area is 86.8 Å². The maximum absolute atomic E-state index is 11.2. The van der Waals surface area contributed by atoms with E-state index in [-0.39, 0.29) is 5.03 Å². The third-order valence-corrected chi connectivity index (χ3v) is 3.80. The zero-order valence-corrected chi connectivity index (χ0v) is 9.65. The molecular weight excluding hydrogens is 242 g/mol. The van der Waals surface area contributed by atoms with Crippen molar-refractivity contribution in [3.63, 3.8) is 0 Å². The summed E-state index contributed by atoms with van der Waals surface area (Å²) >= 11 is 0. The third-order valence-electron chi connectivity index (χ3n) is 1.65. The van der Waals surface area contributed by atoms with E-state index in [0.29, 0.717) is 0 Å². The van der Waals surface area contributed by atoms with Crippen molar-refractivity contribution in [3.8, 4) is 0 Å². The van der Waals surface area contributed by atoms with Crippen LogP contribution in [0, 0.1) is 0 Å². The Kier molecular flexibility index (Phi) is 2.75. The van der Waals surface area contributed by atoms with Gasteiger partial charge in [-0.05, 0) is 12.1 Å². The van der Waals surface area contributed by atoms with Crippen LogP contribution in [0.15, 0.2) is 26.8 Å². The van der Waals surface area contributed by atoms with Gasteiger partial charge in [0.2, 0.25) is 0 Å². The summed E-state index contributed by atoms with van der Waals surface area (Å²) < 4.78 is 44.1. The molecule has 0 bridgehead atoms. The maximum Gasteiger partial charge on any atom is 0.267 e. The molecule has 1 heterocycles. The van der Waals surface area contributed by atoms with E-state index in [1.165, 1.54) is 0 Å². The van der Waals surface area contributed by atoms with Gasteiger partial charge < -0.3 is 4.98 Å². The van der Waals surface area contributed by atoms with Gasteiger partial charge in [0.25, 0.3) is 5.56 Å². The number of nitrogens with one attached hydrogen (secondary N) is 1. The van der Waals surface area contributed by atoms with Crippen molar-refractivity contribution in [1.82, 2.24) is 4.98 Å². The summed E-state index contributed by atoms with van der Waals surface area (Å²) in [5.74, 6) is 0. The monoisotopic (exact) mass is 251 g/mol. The third kappa shape index (κ3) is 2.66. The van der Waals surface area contributed by atoms with Crippen LogP contribution < -0.4 is 5.56 Å². The Morgan fingerprint density at radius 1 is 1.00 bits per heavy atom. The van der Waals surface area contributed by atoms with Crippen molar-refractivity contribution < 1.29 is 16.8 Å². The van der Waals surface area contributed by atoms with Crippen LogP contribution in [-0.4, -0.2) is 34.3 Å². The standard InChI is InChI=1S/C7H9NO5S2/c1-14(10,11)5-3-4-6(8-7(5)9)15(2,12)13/h3-4H,1-2H3,(H,8,9). The summed E-state index contributed by atoms with van der Waals surface area (Å²) in [6, 6.07) is 2.03. The van der Waals surface area contributed by atoms with Crippen LogP contribution in [-0.2, 0) is 19.7 Å². The Bertz CT molecular complexity index is 638. The largest absolute Gasteiger partial charge is 0.312 e. The van der Waals surface area contributed by atoms with Gasteiger partial charge >= 0.3 is 0 Å². The normalized spacial score (nSPS) is 12.7. The lowest BCUT2D eigenvalue weighted by Gasteiger charge is -2.00. The number of aromatic amines is 1. The van der Waals surface area contributed by atoms with E-state index < -0.39 is 30.1 Å². The molecular formula is C7H9NO5S2. The zero-order chi connectivity index (χ0) is 11.9. The average Bonchev–Trinajstić information content (AvgIpc) is 1.99. The first-order chi connectivity index (χ1) is 6.62. The molecule has 15 heavy (non-hydrogen) atoms. The molecule has 0 spiro atoms. The molecule has 0 unspecified atom stereocenters. The van der Waals surface area contributed by atoms with Crippen molar-refractivity contribution >= 4 is 19.7 Å². The van der Waals surface area contributed by atoms with Crippen molar-refractivity contribution in [2.24, 2.45) is 0 Å². The number of hydrogen-bond acceptors (Lipinski definition) is 5. The molecule has 0 amide bonds. The summed E-state index contributed by atoms with van der Waals surface area (Å²) in [5, 5.41) is -0.306. The van der Waals surface area contributed by atoms with Crippen LogP contribution in [0.25, 0.3) is 0 Å². The molecule has 6 nitrogen and oxygen atoms in total. The van der Waals surface area contributed by atoms with Gasteiger partial charge in [-0.15, -0.1) is 0 Å². The highest BCUT2D eigenvalue weighted by Gasteiger charge is 2.15. The van der Waals surface area contributed by atoms with Gasteiger partial charge in [-0.1, -0.05) is 0 Å². The SMILES string of the molecule is CS(=O)(=O)c1ccc(S(C)(=O)=O)c(=O)[nH]1. The van der Waals surface area contributed by atoms with Gasteiger partial charge in [0.1, 0.15) is 9.92 Å². The highest BCUT2D eigenvalue weighted by atomic mass is 32.2. The molecule has 0 aromatic carbocycles. The fraction of sp³-hybridized carbons (Fsp3) is 0.286. The first-order valence-corrected chi connectivity index (χ1v) is 7.54. The van der Waals surface area contributed by atoms with Gasteiger partial charge in [-0.25, -0.2) is 16.8 Å². The molecule has 1 N–H and O–H groups in total. The molecule has 0 aliphatic carbocycles. The second-order valence-electron chi connectivity index (χ2n) is 3.06. The molecule has 0 saturated heterocycles. The molecule has 0 atom stereocenters. The number of hydrogen-bond donors (Lipinski definition) is 1. The predicted molar refractivity (Wildman–Crippen MR) is 53.3 cm³/mol. The van der Waals surface area contributed by atoms with Crippen molar-refractivity contribution in [2.45, 2.75) is 9.92 Å². The van der Waals surface area contributed by atoms with Crippen LogP contribution in [0.4, 0.5) is 0 Å². The Hall–Kier alpha value is -1.15. The van der Waals surface area contributed by atoms with E-state index in [0.717, 1.165) is 24.6 Å². The number of rotatable bonds is 2. The zero-order valence-electron chi connectivity index (χ0n) is 8.01. The van der Waals surface area contributed by atoms with Crippen molar-refractivity contribution in [1.29, 1.82) is 0 Å². The van der Waals surface area contributed by atoms with E-state index in [9.17, 15) is 21.6 Å². The second kappa shape index (κ2) is 3.46. The quantitative estimate of drug-likeness (QED) is 0.740. The molecule has 0 fully saturated rings. The molecule has 0 saturated carbocycles. The summed E-state index contributed by atoms with van der Waals surface area (Å²) in [6.07, 6.45) is 1.79.